The fraction of sp³-hybridized carbons (Fsp3) is 0.444. The van der Waals surface area contributed by atoms with Crippen LogP contribution >= 0.6 is 0 Å². The molecule has 2 heterocycles. The Morgan fingerprint density at radius 2 is 2.08 bits per heavy atom. The van der Waals surface area contributed by atoms with Gasteiger partial charge in [-0.25, -0.2) is 4.98 Å². The van der Waals surface area contributed by atoms with E-state index in [0.717, 1.165) is 43.2 Å². The number of ether oxygens (including phenoxy) is 2. The van der Waals surface area contributed by atoms with Crippen molar-refractivity contribution in [1.29, 1.82) is 0 Å². The average Bonchev–Trinajstić information content (AvgIpc) is 3.08. The highest BCUT2D eigenvalue weighted by atomic mass is 16.5. The van der Waals surface area contributed by atoms with Gasteiger partial charge in [-0.2, -0.15) is 4.98 Å². The van der Waals surface area contributed by atoms with Gasteiger partial charge in [0, 0.05) is 25.0 Å². The van der Waals surface area contributed by atoms with Crippen LogP contribution in [-0.4, -0.2) is 35.3 Å². The second kappa shape index (κ2) is 7.97. The Balaban J connectivity index is 1.57. The van der Waals surface area contributed by atoms with E-state index in [4.69, 9.17) is 9.47 Å². The minimum absolute atomic E-state index is 0.166. The molecule has 6 nitrogen and oxygen atoms in total. The number of rotatable bonds is 7. The third-order valence-corrected chi connectivity index (χ3v) is 3.67. The number of hydrogen-bond donors (Lipinski definition) is 2. The first-order valence-corrected chi connectivity index (χ1v) is 8.41. The molecular weight excluding hydrogens is 304 g/mol. The van der Waals surface area contributed by atoms with Crippen LogP contribution in [0, 0.1) is 0 Å². The van der Waals surface area contributed by atoms with Gasteiger partial charge in [0.2, 0.25) is 5.95 Å². The first-order chi connectivity index (χ1) is 11.7. The van der Waals surface area contributed by atoms with Crippen LogP contribution < -0.4 is 15.4 Å². The standard InChI is InChI=1S/C18H24N4O2/c1-13(2)24-15-7-5-14(6-8-15)21-18-19-10-9-17(22-18)20-12-16-4-3-11-23-16/h5-10,13,16H,3-4,11-12H2,1-2H3,(H2,19,20,21,22). The van der Waals surface area contributed by atoms with Gasteiger partial charge in [0.05, 0.1) is 12.2 Å². The van der Waals surface area contributed by atoms with E-state index < -0.39 is 0 Å². The largest absolute Gasteiger partial charge is 0.491 e. The van der Waals surface area contributed by atoms with E-state index in [2.05, 4.69) is 20.6 Å². The molecule has 6 heteroatoms. The van der Waals surface area contributed by atoms with Crippen LogP contribution in [0.1, 0.15) is 26.7 Å². The average molecular weight is 328 g/mol. The molecule has 0 aliphatic carbocycles. The maximum absolute atomic E-state index is 5.64. The summed E-state index contributed by atoms with van der Waals surface area (Å²) in [5, 5.41) is 6.51. The van der Waals surface area contributed by atoms with Crippen molar-refractivity contribution in [1.82, 2.24) is 9.97 Å². The first-order valence-electron chi connectivity index (χ1n) is 8.41. The molecule has 1 fully saturated rings. The normalized spacial score (nSPS) is 17.0. The molecule has 0 amide bonds. The third-order valence-electron chi connectivity index (χ3n) is 3.67. The third kappa shape index (κ3) is 4.83. The Kier molecular flexibility index (Phi) is 5.48. The molecule has 1 aromatic carbocycles. The smallest absolute Gasteiger partial charge is 0.229 e. The van der Waals surface area contributed by atoms with Gasteiger partial charge in [0.1, 0.15) is 11.6 Å². The summed E-state index contributed by atoms with van der Waals surface area (Å²) in [5.41, 5.74) is 0.919. The summed E-state index contributed by atoms with van der Waals surface area (Å²) in [6.45, 7) is 5.65. The van der Waals surface area contributed by atoms with Crippen molar-refractivity contribution in [2.75, 3.05) is 23.8 Å². The lowest BCUT2D eigenvalue weighted by molar-refractivity contribution is 0.120. The summed E-state index contributed by atoms with van der Waals surface area (Å²) in [5.74, 6) is 2.20. The van der Waals surface area contributed by atoms with Gasteiger partial charge in [-0.05, 0) is 57.0 Å². The molecule has 0 radical (unpaired) electrons. The van der Waals surface area contributed by atoms with Crippen LogP contribution in [0.3, 0.4) is 0 Å². The maximum Gasteiger partial charge on any atom is 0.229 e. The SMILES string of the molecule is CC(C)Oc1ccc(Nc2nccc(NCC3CCCO3)n2)cc1. The van der Waals surface area contributed by atoms with Crippen LogP contribution in [0.15, 0.2) is 36.5 Å². The molecule has 1 aliphatic rings. The van der Waals surface area contributed by atoms with E-state index in [9.17, 15) is 0 Å². The maximum atomic E-state index is 5.64. The minimum atomic E-state index is 0.166. The molecule has 2 aromatic rings. The van der Waals surface area contributed by atoms with Crippen molar-refractivity contribution in [3.8, 4) is 5.75 Å². The highest BCUT2D eigenvalue weighted by Gasteiger charge is 2.15. The topological polar surface area (TPSA) is 68.3 Å². The molecular formula is C18H24N4O2. The van der Waals surface area contributed by atoms with E-state index in [1.54, 1.807) is 6.20 Å². The van der Waals surface area contributed by atoms with Gasteiger partial charge in [-0.3, -0.25) is 0 Å². The molecule has 128 valence electrons. The number of nitrogens with one attached hydrogen (secondary N) is 2. The van der Waals surface area contributed by atoms with Crippen molar-refractivity contribution < 1.29 is 9.47 Å². The van der Waals surface area contributed by atoms with Crippen molar-refractivity contribution in [3.63, 3.8) is 0 Å². The Labute approximate surface area is 142 Å². The van der Waals surface area contributed by atoms with Gasteiger partial charge in [-0.15, -0.1) is 0 Å². The van der Waals surface area contributed by atoms with Crippen molar-refractivity contribution in [2.24, 2.45) is 0 Å². The number of nitrogens with zero attached hydrogens (tertiary/aromatic N) is 2. The number of anilines is 3. The summed E-state index contributed by atoms with van der Waals surface area (Å²) in [6.07, 6.45) is 4.43. The second-order valence-corrected chi connectivity index (χ2v) is 6.10. The van der Waals surface area contributed by atoms with Crippen LogP contribution in [0.5, 0.6) is 5.75 Å². The van der Waals surface area contributed by atoms with Gasteiger partial charge in [-0.1, -0.05) is 0 Å². The molecule has 1 aromatic heterocycles. The summed E-state index contributed by atoms with van der Waals surface area (Å²) in [4.78, 5) is 8.74. The summed E-state index contributed by atoms with van der Waals surface area (Å²) in [7, 11) is 0. The lowest BCUT2D eigenvalue weighted by Gasteiger charge is -2.12. The van der Waals surface area contributed by atoms with E-state index in [1.807, 2.05) is 44.2 Å². The Hall–Kier alpha value is -2.34. The molecule has 3 rings (SSSR count). The Morgan fingerprint density at radius 1 is 1.25 bits per heavy atom. The van der Waals surface area contributed by atoms with E-state index in [0.29, 0.717) is 5.95 Å². The molecule has 2 N–H and O–H groups in total. The predicted molar refractivity (Wildman–Crippen MR) is 95.0 cm³/mol. The highest BCUT2D eigenvalue weighted by Crippen LogP contribution is 2.20. The Bertz CT molecular complexity index is 640. The van der Waals surface area contributed by atoms with Gasteiger partial charge in [0.25, 0.3) is 0 Å². The molecule has 0 saturated carbocycles. The molecule has 1 aliphatic heterocycles. The zero-order valence-corrected chi connectivity index (χ0v) is 14.2. The zero-order chi connectivity index (χ0) is 16.8. The molecule has 1 saturated heterocycles. The molecule has 24 heavy (non-hydrogen) atoms. The molecule has 0 spiro atoms. The molecule has 0 bridgehead atoms. The van der Waals surface area contributed by atoms with E-state index in [1.165, 1.54) is 0 Å². The number of hydrogen-bond acceptors (Lipinski definition) is 6. The van der Waals surface area contributed by atoms with Crippen molar-refractivity contribution >= 4 is 17.5 Å². The fourth-order valence-electron chi connectivity index (χ4n) is 2.56. The lowest BCUT2D eigenvalue weighted by Crippen LogP contribution is -2.19. The van der Waals surface area contributed by atoms with Gasteiger partial charge >= 0.3 is 0 Å². The number of benzene rings is 1. The minimum Gasteiger partial charge on any atom is -0.491 e. The fourth-order valence-corrected chi connectivity index (χ4v) is 2.56. The quantitative estimate of drug-likeness (QED) is 0.809. The zero-order valence-electron chi connectivity index (χ0n) is 14.2. The summed E-state index contributed by atoms with van der Waals surface area (Å²) in [6, 6.07) is 9.63. The van der Waals surface area contributed by atoms with Crippen LogP contribution in [0.2, 0.25) is 0 Å². The predicted octanol–water partition coefficient (Wildman–Crippen LogP) is 3.60. The second-order valence-electron chi connectivity index (χ2n) is 6.10. The summed E-state index contributed by atoms with van der Waals surface area (Å²) >= 11 is 0. The monoisotopic (exact) mass is 328 g/mol. The molecule has 1 unspecified atom stereocenters. The number of aromatic nitrogens is 2. The lowest BCUT2D eigenvalue weighted by atomic mass is 10.2. The first kappa shape index (κ1) is 16.5. The van der Waals surface area contributed by atoms with Crippen LogP contribution in [0.25, 0.3) is 0 Å². The van der Waals surface area contributed by atoms with E-state index in [-0.39, 0.29) is 12.2 Å². The summed E-state index contributed by atoms with van der Waals surface area (Å²) < 4.78 is 11.2. The van der Waals surface area contributed by atoms with Gasteiger partial charge in [0.15, 0.2) is 0 Å². The van der Waals surface area contributed by atoms with Crippen molar-refractivity contribution in [3.05, 3.63) is 36.5 Å². The van der Waals surface area contributed by atoms with Crippen molar-refractivity contribution in [2.45, 2.75) is 38.9 Å². The highest BCUT2D eigenvalue weighted by molar-refractivity contribution is 5.55. The van der Waals surface area contributed by atoms with Crippen LogP contribution in [-0.2, 0) is 4.74 Å². The van der Waals surface area contributed by atoms with Gasteiger partial charge < -0.3 is 20.1 Å². The van der Waals surface area contributed by atoms with Crippen LogP contribution in [0.4, 0.5) is 17.5 Å². The molecule has 1 atom stereocenters. The van der Waals surface area contributed by atoms with E-state index >= 15 is 0 Å². The Morgan fingerprint density at radius 3 is 2.79 bits per heavy atom.